The van der Waals surface area contributed by atoms with E-state index in [2.05, 4.69) is 93.4 Å². The Labute approximate surface area is 368 Å². The highest BCUT2D eigenvalue weighted by molar-refractivity contribution is 8.00. The quantitative estimate of drug-likeness (QED) is 0.0647. The first kappa shape index (κ1) is 41.9. The molecule has 3 aliphatic rings. The van der Waals surface area contributed by atoms with Crippen LogP contribution in [0.5, 0.6) is 0 Å². The summed E-state index contributed by atoms with van der Waals surface area (Å²) in [4.78, 5) is 40.7. The molecule has 1 saturated heterocycles. The summed E-state index contributed by atoms with van der Waals surface area (Å²) >= 11 is 9.45. The predicted octanol–water partition coefficient (Wildman–Crippen LogP) is 12.1. The maximum Gasteiger partial charge on any atom is 0.193 e. The Bertz CT molecular complexity index is 2400. The topological polar surface area (TPSA) is 47.1 Å². The van der Waals surface area contributed by atoms with E-state index in [4.69, 9.17) is 11.6 Å². The molecule has 6 nitrogen and oxygen atoms in total. The highest BCUT2D eigenvalue weighted by atomic mass is 35.5. The van der Waals surface area contributed by atoms with Gasteiger partial charge in [-0.2, -0.15) is 0 Å². The van der Waals surface area contributed by atoms with Crippen LogP contribution in [-0.4, -0.2) is 80.1 Å². The molecule has 1 fully saturated rings. The summed E-state index contributed by atoms with van der Waals surface area (Å²) in [5, 5.41) is 0. The summed E-state index contributed by atoms with van der Waals surface area (Å²) in [6.45, 7) is 7.70. The van der Waals surface area contributed by atoms with Gasteiger partial charge in [-0.3, -0.25) is 9.59 Å². The second-order valence-electron chi connectivity index (χ2n) is 15.4. The molecule has 6 aromatic rings. The predicted molar refractivity (Wildman–Crippen MR) is 251 cm³/mol. The van der Waals surface area contributed by atoms with Crippen molar-refractivity contribution >= 4 is 69.4 Å². The molecule has 0 aromatic heterocycles. The normalized spacial score (nSPS) is 14.6. The Kier molecular flexibility index (Phi) is 14.1. The fourth-order valence-corrected chi connectivity index (χ4v) is 10.3. The molecule has 306 valence electrons. The minimum atomic E-state index is 0.0583. The van der Waals surface area contributed by atoms with Crippen LogP contribution in [0.25, 0.3) is 0 Å². The van der Waals surface area contributed by atoms with Crippen molar-refractivity contribution in [1.82, 2.24) is 9.80 Å². The first-order chi connectivity index (χ1) is 29.5. The number of halogens is 1. The minimum Gasteiger partial charge on any atom is -0.340 e. The van der Waals surface area contributed by atoms with E-state index in [1.165, 1.54) is 63.6 Å². The molecule has 3 heterocycles. The van der Waals surface area contributed by atoms with Crippen LogP contribution in [0.2, 0.25) is 0 Å². The van der Waals surface area contributed by atoms with Crippen molar-refractivity contribution in [3.8, 4) is 0 Å². The average Bonchev–Trinajstić information content (AvgIpc) is 3.30. The molecule has 6 aromatic carbocycles. The molecule has 0 saturated carbocycles. The van der Waals surface area contributed by atoms with Gasteiger partial charge in [0.15, 0.2) is 11.6 Å². The zero-order chi connectivity index (χ0) is 41.3. The molecule has 0 amide bonds. The van der Waals surface area contributed by atoms with Gasteiger partial charge in [-0.25, -0.2) is 0 Å². The molecule has 3 aliphatic heterocycles. The van der Waals surface area contributed by atoms with Crippen LogP contribution in [0.1, 0.15) is 57.5 Å². The van der Waals surface area contributed by atoms with Crippen molar-refractivity contribution in [2.75, 3.05) is 68.5 Å². The van der Waals surface area contributed by atoms with E-state index in [0.29, 0.717) is 5.88 Å². The third-order valence-electron chi connectivity index (χ3n) is 11.3. The molecular formula is C51H51ClN4O2S2. The molecule has 9 rings (SSSR count). The van der Waals surface area contributed by atoms with Crippen molar-refractivity contribution in [2.24, 2.45) is 0 Å². The summed E-state index contributed by atoms with van der Waals surface area (Å²) in [6.07, 6.45) is 4.30. The summed E-state index contributed by atoms with van der Waals surface area (Å²) in [6, 6.07) is 48.3. The average molecular weight is 852 g/mol. The number of fused-ring (bicyclic) bond motifs is 4. The number of hydrogen-bond acceptors (Lipinski definition) is 8. The molecule has 0 spiro atoms. The lowest BCUT2D eigenvalue weighted by Crippen LogP contribution is -2.44. The van der Waals surface area contributed by atoms with E-state index < -0.39 is 0 Å². The number of piperazine rings is 1. The van der Waals surface area contributed by atoms with Crippen LogP contribution in [0.4, 0.5) is 22.7 Å². The van der Waals surface area contributed by atoms with E-state index in [1.54, 1.807) is 23.5 Å². The maximum absolute atomic E-state index is 13.1. The van der Waals surface area contributed by atoms with Crippen LogP contribution in [0.15, 0.2) is 165 Å². The van der Waals surface area contributed by atoms with Crippen LogP contribution in [0.3, 0.4) is 0 Å². The van der Waals surface area contributed by atoms with Gasteiger partial charge < -0.3 is 19.6 Å². The molecule has 0 radical (unpaired) electrons. The zero-order valence-corrected chi connectivity index (χ0v) is 36.5. The highest BCUT2D eigenvalue weighted by Crippen LogP contribution is 2.50. The van der Waals surface area contributed by atoms with Crippen molar-refractivity contribution in [3.63, 3.8) is 0 Å². The summed E-state index contributed by atoms with van der Waals surface area (Å²) < 4.78 is 0. The SMILES string of the molecule is CN1CCN(CCCCN2c3ccccc3Sc3ccc(C(=O)c4ccccc4)cc32)CC1.O=C(c1ccccc1)c1ccc2c(c1)N(CCCCCl)c1ccccc1S2. The number of carbonyl (C=O) groups is 2. The number of likely N-dealkylation sites (N-methyl/N-ethyl adjacent to an activating group) is 1. The first-order valence-corrected chi connectivity index (χ1v) is 23.2. The largest absolute Gasteiger partial charge is 0.340 e. The Morgan fingerprint density at radius 2 is 0.883 bits per heavy atom. The molecule has 0 bridgehead atoms. The van der Waals surface area contributed by atoms with Crippen molar-refractivity contribution in [3.05, 3.63) is 168 Å². The minimum absolute atomic E-state index is 0.0583. The van der Waals surface area contributed by atoms with Gasteiger partial charge in [0.1, 0.15) is 0 Å². The third-order valence-corrected chi connectivity index (χ3v) is 13.8. The number of nitrogens with zero attached hydrogens (tertiary/aromatic N) is 4. The Morgan fingerprint density at radius 3 is 1.37 bits per heavy atom. The number of benzene rings is 6. The Balaban J connectivity index is 0.000000170. The lowest BCUT2D eigenvalue weighted by atomic mass is 10.0. The molecule has 9 heteroatoms. The number of carbonyl (C=O) groups excluding carboxylic acids is 2. The van der Waals surface area contributed by atoms with E-state index in [-0.39, 0.29) is 11.6 Å². The van der Waals surface area contributed by atoms with E-state index in [0.717, 1.165) is 72.5 Å². The van der Waals surface area contributed by atoms with Crippen molar-refractivity contribution in [2.45, 2.75) is 45.3 Å². The first-order valence-electron chi connectivity index (χ1n) is 21.0. The van der Waals surface area contributed by atoms with Gasteiger partial charge in [0.2, 0.25) is 0 Å². The number of ketones is 2. The van der Waals surface area contributed by atoms with Crippen LogP contribution in [0, 0.1) is 0 Å². The second kappa shape index (κ2) is 20.2. The molecule has 0 N–H and O–H groups in total. The lowest BCUT2D eigenvalue weighted by Gasteiger charge is -2.34. The molecule has 0 unspecified atom stereocenters. The second-order valence-corrected chi connectivity index (χ2v) is 18.0. The number of anilines is 4. The highest BCUT2D eigenvalue weighted by Gasteiger charge is 2.26. The van der Waals surface area contributed by atoms with E-state index in [1.807, 2.05) is 78.9 Å². The van der Waals surface area contributed by atoms with E-state index >= 15 is 0 Å². The third kappa shape index (κ3) is 9.86. The van der Waals surface area contributed by atoms with E-state index in [9.17, 15) is 9.59 Å². The fraction of sp³-hybridized carbons (Fsp3) is 0.255. The number of para-hydroxylation sites is 2. The summed E-state index contributed by atoms with van der Waals surface area (Å²) in [5.74, 6) is 0.809. The summed E-state index contributed by atoms with van der Waals surface area (Å²) in [7, 11) is 2.21. The number of hydrogen-bond donors (Lipinski definition) is 0. The van der Waals surface area contributed by atoms with Gasteiger partial charge in [0, 0.05) is 87.0 Å². The maximum atomic E-state index is 13.1. The molecule has 0 aliphatic carbocycles. The van der Waals surface area contributed by atoms with Crippen LogP contribution in [-0.2, 0) is 0 Å². The van der Waals surface area contributed by atoms with Crippen molar-refractivity contribution in [1.29, 1.82) is 0 Å². The summed E-state index contributed by atoms with van der Waals surface area (Å²) in [5.41, 5.74) is 7.64. The molecule has 0 atom stereocenters. The van der Waals surface area contributed by atoms with Gasteiger partial charge in [-0.15, -0.1) is 11.6 Å². The Hall–Kier alpha value is -4.83. The number of alkyl halides is 1. The van der Waals surface area contributed by atoms with Gasteiger partial charge in [-0.1, -0.05) is 108 Å². The standard InChI is InChI=1S/C28H31N3OS.C23H20ClNOS/c1-29-17-19-30(20-18-29)15-7-8-16-31-24-11-5-6-12-26(24)33-27-14-13-23(21-25(27)31)28(32)22-9-3-2-4-10-22;24-14-6-7-15-25-19-10-4-5-11-21(19)27-22-13-12-18(16-20(22)25)23(26)17-8-2-1-3-9-17/h2-6,9-14,21H,7-8,15-20H2,1H3;1-5,8-13,16H,6-7,14-15H2. The Morgan fingerprint density at radius 1 is 0.467 bits per heavy atom. The molecule has 60 heavy (non-hydrogen) atoms. The van der Waals surface area contributed by atoms with Gasteiger partial charge in [0.05, 0.1) is 22.7 Å². The lowest BCUT2D eigenvalue weighted by molar-refractivity contribution is 0.103. The van der Waals surface area contributed by atoms with Crippen LogP contribution < -0.4 is 9.80 Å². The zero-order valence-electron chi connectivity index (χ0n) is 34.1. The van der Waals surface area contributed by atoms with Gasteiger partial charge in [0.25, 0.3) is 0 Å². The number of rotatable bonds is 13. The van der Waals surface area contributed by atoms with Crippen LogP contribution >= 0.6 is 35.1 Å². The monoisotopic (exact) mass is 850 g/mol. The van der Waals surface area contributed by atoms with Gasteiger partial charge in [-0.05, 0) is 99.9 Å². The molecular weight excluding hydrogens is 800 g/mol. The smallest absolute Gasteiger partial charge is 0.193 e. The number of unbranched alkanes of at least 4 members (excludes halogenated alkanes) is 2. The fourth-order valence-electron chi connectivity index (χ4n) is 7.98. The van der Waals surface area contributed by atoms with Gasteiger partial charge >= 0.3 is 0 Å². The van der Waals surface area contributed by atoms with Crippen molar-refractivity contribution < 1.29 is 9.59 Å².